The van der Waals surface area contributed by atoms with Crippen molar-refractivity contribution in [1.29, 1.82) is 5.26 Å². The van der Waals surface area contributed by atoms with Gasteiger partial charge in [0.1, 0.15) is 6.07 Å². The van der Waals surface area contributed by atoms with Crippen molar-refractivity contribution in [2.45, 2.75) is 25.7 Å². The van der Waals surface area contributed by atoms with Crippen molar-refractivity contribution in [3.63, 3.8) is 0 Å². The number of halogens is 2. The van der Waals surface area contributed by atoms with Crippen molar-refractivity contribution in [3.05, 3.63) is 53.3 Å². The lowest BCUT2D eigenvalue weighted by Gasteiger charge is -2.34. The number of pyridine rings is 1. The van der Waals surface area contributed by atoms with Gasteiger partial charge < -0.3 is 9.84 Å². The summed E-state index contributed by atoms with van der Waals surface area (Å²) in [6.45, 7) is 1.20. The van der Waals surface area contributed by atoms with E-state index in [9.17, 15) is 18.7 Å². The Morgan fingerprint density at radius 2 is 2.20 bits per heavy atom. The number of ether oxygens (including phenoxy) is 1. The van der Waals surface area contributed by atoms with Crippen molar-refractivity contribution < 1.29 is 23.4 Å². The number of carbonyl (C=O) groups is 1. The molecular formula is C17H13F2N3O3. The highest BCUT2D eigenvalue weighted by molar-refractivity contribution is 6.01. The molecule has 0 aliphatic carbocycles. The third-order valence-corrected chi connectivity index (χ3v) is 3.75. The summed E-state index contributed by atoms with van der Waals surface area (Å²) in [7, 11) is 0. The number of hydrogen-bond acceptors (Lipinski definition) is 5. The van der Waals surface area contributed by atoms with E-state index in [0.717, 1.165) is 4.90 Å². The molecule has 8 heteroatoms. The van der Waals surface area contributed by atoms with E-state index >= 15 is 0 Å². The van der Waals surface area contributed by atoms with Gasteiger partial charge in [-0.05, 0) is 24.6 Å². The number of aliphatic hydroxyl groups is 1. The summed E-state index contributed by atoms with van der Waals surface area (Å²) >= 11 is 0. The number of carbonyl (C=O) groups excluding carboxylic acids is 1. The molecule has 1 atom stereocenters. The zero-order valence-electron chi connectivity index (χ0n) is 13.1. The lowest BCUT2D eigenvalue weighted by molar-refractivity contribution is -0.193. The highest BCUT2D eigenvalue weighted by Crippen LogP contribution is 2.44. The van der Waals surface area contributed by atoms with Crippen LogP contribution in [0.4, 0.5) is 14.5 Å². The van der Waals surface area contributed by atoms with Crippen LogP contribution in [0.15, 0.2) is 36.7 Å². The zero-order valence-corrected chi connectivity index (χ0v) is 13.1. The van der Waals surface area contributed by atoms with Crippen LogP contribution >= 0.6 is 0 Å². The molecule has 1 N–H and O–H groups in total. The largest absolute Gasteiger partial charge is 0.483 e. The van der Waals surface area contributed by atoms with Crippen LogP contribution in [0.1, 0.15) is 29.7 Å². The molecule has 0 saturated heterocycles. The topological polar surface area (TPSA) is 86.5 Å². The van der Waals surface area contributed by atoms with E-state index in [2.05, 4.69) is 9.72 Å². The molecule has 25 heavy (non-hydrogen) atoms. The summed E-state index contributed by atoms with van der Waals surface area (Å²) in [4.78, 5) is 16.9. The minimum Gasteiger partial charge on any atom is -0.423 e. The van der Waals surface area contributed by atoms with Gasteiger partial charge in [-0.3, -0.25) is 14.7 Å². The van der Waals surface area contributed by atoms with Crippen LogP contribution in [-0.4, -0.2) is 22.1 Å². The molecule has 1 aromatic heterocycles. The van der Waals surface area contributed by atoms with Gasteiger partial charge in [0.15, 0.2) is 5.75 Å². The van der Waals surface area contributed by atoms with E-state index in [4.69, 9.17) is 5.26 Å². The number of hydrogen-bond donors (Lipinski definition) is 1. The Bertz CT molecular complexity index is 878. The number of anilines is 1. The first-order valence-electron chi connectivity index (χ1n) is 7.37. The average Bonchev–Trinajstić information content (AvgIpc) is 2.58. The number of aliphatic hydroxyl groups excluding tert-OH is 1. The van der Waals surface area contributed by atoms with Crippen molar-refractivity contribution in [2.75, 3.05) is 4.90 Å². The van der Waals surface area contributed by atoms with Crippen molar-refractivity contribution >= 4 is 11.6 Å². The number of para-hydroxylation sites is 1. The number of amides is 1. The van der Waals surface area contributed by atoms with Crippen molar-refractivity contribution in [1.82, 2.24) is 4.98 Å². The summed E-state index contributed by atoms with van der Waals surface area (Å²) in [5.74, 6) is -1.77. The minimum absolute atomic E-state index is 0.122. The molecule has 0 spiro atoms. The first kappa shape index (κ1) is 16.8. The minimum atomic E-state index is -4.06. The predicted octanol–water partition coefficient (Wildman–Crippen LogP) is 2.52. The van der Waals surface area contributed by atoms with Gasteiger partial charge in [0, 0.05) is 18.0 Å². The lowest BCUT2D eigenvalue weighted by atomic mass is 10.1. The number of fused-ring (bicyclic) bond motifs is 1. The van der Waals surface area contributed by atoms with E-state index in [1.54, 1.807) is 0 Å². The number of rotatable bonds is 3. The Balaban J connectivity index is 2.08. The molecule has 1 aromatic carbocycles. The molecule has 0 unspecified atom stereocenters. The van der Waals surface area contributed by atoms with Crippen LogP contribution in [0.2, 0.25) is 0 Å². The molecule has 0 saturated carbocycles. The Morgan fingerprint density at radius 3 is 2.88 bits per heavy atom. The van der Waals surface area contributed by atoms with E-state index in [0.29, 0.717) is 5.56 Å². The molecule has 2 heterocycles. The molecule has 0 bridgehead atoms. The Hall–Kier alpha value is -3.05. The second kappa shape index (κ2) is 6.11. The van der Waals surface area contributed by atoms with E-state index in [1.165, 1.54) is 43.6 Å². The molecule has 1 amide bonds. The first-order chi connectivity index (χ1) is 11.8. The highest BCUT2D eigenvalue weighted by Gasteiger charge is 2.51. The molecule has 3 rings (SSSR count). The first-order valence-corrected chi connectivity index (χ1v) is 7.37. The second-order valence-electron chi connectivity index (χ2n) is 5.58. The maximum atomic E-state index is 14.1. The van der Waals surface area contributed by atoms with Crippen LogP contribution in [0.3, 0.4) is 0 Å². The average molecular weight is 345 g/mol. The SMILES string of the molecule is C[C@@H](O)c1cccc2c1OC(F)(F)C(=O)N2Cc1cncc(C#N)c1. The quantitative estimate of drug-likeness (QED) is 0.924. The highest BCUT2D eigenvalue weighted by atomic mass is 19.3. The van der Waals surface area contributed by atoms with Gasteiger partial charge >= 0.3 is 12.0 Å². The van der Waals surface area contributed by atoms with Crippen molar-refractivity contribution in [2.24, 2.45) is 0 Å². The van der Waals surface area contributed by atoms with Crippen molar-refractivity contribution in [3.8, 4) is 11.8 Å². The molecule has 1 aliphatic heterocycles. The molecule has 0 fully saturated rings. The van der Waals surface area contributed by atoms with Gasteiger partial charge in [-0.1, -0.05) is 12.1 Å². The molecule has 6 nitrogen and oxygen atoms in total. The fraction of sp³-hybridized carbons (Fsp3) is 0.235. The Kier molecular flexibility index (Phi) is 4.10. The number of nitrogens with zero attached hydrogens (tertiary/aromatic N) is 3. The van der Waals surface area contributed by atoms with Gasteiger partial charge in [0.05, 0.1) is 23.9 Å². The predicted molar refractivity (Wildman–Crippen MR) is 82.8 cm³/mol. The molecule has 2 aromatic rings. The fourth-order valence-corrected chi connectivity index (χ4v) is 2.61. The summed E-state index contributed by atoms with van der Waals surface area (Å²) in [6.07, 6.45) is -2.39. The second-order valence-corrected chi connectivity index (χ2v) is 5.58. The standard InChI is InChI=1S/C17H13F2N3O3/c1-10(23)13-3-2-4-14-15(13)25-17(18,19)16(24)22(14)9-12-5-11(6-20)7-21-8-12/h2-5,7-8,10,23H,9H2,1H3/t10-/m1/s1. The van der Waals surface area contributed by atoms with Crippen LogP contribution < -0.4 is 9.64 Å². The van der Waals surface area contributed by atoms with Gasteiger partial charge in [-0.2, -0.15) is 14.0 Å². The van der Waals surface area contributed by atoms with Gasteiger partial charge in [-0.15, -0.1) is 0 Å². The zero-order chi connectivity index (χ0) is 18.2. The summed E-state index contributed by atoms with van der Waals surface area (Å²) < 4.78 is 32.7. The number of aromatic nitrogens is 1. The molecule has 0 radical (unpaired) electrons. The van der Waals surface area contributed by atoms with Crippen LogP contribution in [0.5, 0.6) is 5.75 Å². The molecular weight excluding hydrogens is 332 g/mol. The third-order valence-electron chi connectivity index (χ3n) is 3.75. The van der Waals surface area contributed by atoms with Crippen LogP contribution in [0, 0.1) is 11.3 Å². The van der Waals surface area contributed by atoms with Gasteiger partial charge in [-0.25, -0.2) is 0 Å². The third kappa shape index (κ3) is 3.02. The number of alkyl halides is 2. The van der Waals surface area contributed by atoms with Crippen LogP contribution in [0.25, 0.3) is 0 Å². The Morgan fingerprint density at radius 1 is 1.44 bits per heavy atom. The smallest absolute Gasteiger partial charge is 0.423 e. The number of nitriles is 1. The fourth-order valence-electron chi connectivity index (χ4n) is 2.61. The lowest BCUT2D eigenvalue weighted by Crippen LogP contribution is -2.50. The van der Waals surface area contributed by atoms with E-state index < -0.39 is 18.1 Å². The number of benzene rings is 1. The Labute approximate surface area is 141 Å². The van der Waals surface area contributed by atoms with Crippen LogP contribution in [-0.2, 0) is 11.3 Å². The maximum absolute atomic E-state index is 14.1. The van der Waals surface area contributed by atoms with Gasteiger partial charge in [0.25, 0.3) is 0 Å². The normalized spacial score (nSPS) is 16.6. The van der Waals surface area contributed by atoms with E-state index in [1.807, 2.05) is 6.07 Å². The summed E-state index contributed by atoms with van der Waals surface area (Å²) in [6, 6.07) is 7.81. The molecule has 1 aliphatic rings. The molecule has 128 valence electrons. The summed E-state index contributed by atoms with van der Waals surface area (Å²) in [5, 5.41) is 18.7. The summed E-state index contributed by atoms with van der Waals surface area (Å²) in [5.41, 5.74) is 0.941. The maximum Gasteiger partial charge on any atom is 0.483 e. The van der Waals surface area contributed by atoms with Gasteiger partial charge in [0.2, 0.25) is 0 Å². The monoisotopic (exact) mass is 345 g/mol. The van der Waals surface area contributed by atoms with E-state index in [-0.39, 0.29) is 29.1 Å².